The summed E-state index contributed by atoms with van der Waals surface area (Å²) in [6, 6.07) is 7.98. The maximum Gasteiger partial charge on any atom is 0.233 e. The van der Waals surface area contributed by atoms with Crippen molar-refractivity contribution in [3.8, 4) is 11.6 Å². The lowest BCUT2D eigenvalue weighted by molar-refractivity contribution is 0.456. The predicted octanol–water partition coefficient (Wildman–Crippen LogP) is 5.02. The SMILES string of the molecule is Cc1ccc(Oc2ncc(Br)cc2Br)c(C)c1. The fourth-order valence-electron chi connectivity index (χ4n) is 1.50. The second-order valence-electron chi connectivity index (χ2n) is 3.81. The van der Waals surface area contributed by atoms with Gasteiger partial charge in [-0.1, -0.05) is 17.7 Å². The van der Waals surface area contributed by atoms with Gasteiger partial charge in [-0.05, 0) is 63.4 Å². The van der Waals surface area contributed by atoms with Gasteiger partial charge in [-0.2, -0.15) is 0 Å². The van der Waals surface area contributed by atoms with Crippen molar-refractivity contribution in [2.75, 3.05) is 0 Å². The number of aryl methyl sites for hydroxylation is 2. The minimum atomic E-state index is 0.570. The first-order chi connectivity index (χ1) is 8.06. The van der Waals surface area contributed by atoms with Gasteiger partial charge in [0.2, 0.25) is 5.88 Å². The molecule has 17 heavy (non-hydrogen) atoms. The first kappa shape index (κ1) is 12.6. The summed E-state index contributed by atoms with van der Waals surface area (Å²) in [5, 5.41) is 0. The van der Waals surface area contributed by atoms with Gasteiger partial charge in [-0.25, -0.2) is 4.98 Å². The maximum absolute atomic E-state index is 5.77. The number of hydrogen-bond donors (Lipinski definition) is 0. The molecule has 1 aromatic heterocycles. The average molecular weight is 357 g/mol. The molecule has 0 radical (unpaired) electrons. The van der Waals surface area contributed by atoms with Crippen molar-refractivity contribution in [1.82, 2.24) is 4.98 Å². The molecular weight excluding hydrogens is 346 g/mol. The summed E-state index contributed by atoms with van der Waals surface area (Å²) in [6.45, 7) is 4.08. The Morgan fingerprint density at radius 1 is 1.12 bits per heavy atom. The van der Waals surface area contributed by atoms with Gasteiger partial charge in [-0.15, -0.1) is 0 Å². The molecule has 0 bridgehead atoms. The standard InChI is InChI=1S/C13H11Br2NO/c1-8-3-4-12(9(2)5-8)17-13-11(15)6-10(14)7-16-13/h3-7H,1-2H3. The summed E-state index contributed by atoms with van der Waals surface area (Å²) < 4.78 is 7.51. The van der Waals surface area contributed by atoms with E-state index in [9.17, 15) is 0 Å². The molecule has 0 aliphatic carbocycles. The number of hydrogen-bond acceptors (Lipinski definition) is 2. The lowest BCUT2D eigenvalue weighted by atomic mass is 10.1. The van der Waals surface area contributed by atoms with Crippen LogP contribution < -0.4 is 4.74 Å². The number of benzene rings is 1. The van der Waals surface area contributed by atoms with E-state index < -0.39 is 0 Å². The summed E-state index contributed by atoms with van der Waals surface area (Å²) in [7, 11) is 0. The van der Waals surface area contributed by atoms with Crippen LogP contribution in [0.25, 0.3) is 0 Å². The van der Waals surface area contributed by atoms with Crippen LogP contribution in [0, 0.1) is 13.8 Å². The van der Waals surface area contributed by atoms with Gasteiger partial charge in [0, 0.05) is 10.7 Å². The topological polar surface area (TPSA) is 22.1 Å². The molecular formula is C13H11Br2NO. The Kier molecular flexibility index (Phi) is 3.84. The Balaban J connectivity index is 2.31. The van der Waals surface area contributed by atoms with E-state index in [1.54, 1.807) is 6.20 Å². The van der Waals surface area contributed by atoms with Crippen LogP contribution in [0.3, 0.4) is 0 Å². The molecule has 0 N–H and O–H groups in total. The summed E-state index contributed by atoms with van der Waals surface area (Å²) >= 11 is 6.78. The average Bonchev–Trinajstić information content (AvgIpc) is 2.25. The Hall–Kier alpha value is -0.870. The Labute approximate surface area is 117 Å². The molecule has 0 unspecified atom stereocenters. The summed E-state index contributed by atoms with van der Waals surface area (Å²) in [4.78, 5) is 4.22. The van der Waals surface area contributed by atoms with E-state index in [4.69, 9.17) is 4.74 Å². The van der Waals surface area contributed by atoms with Gasteiger partial charge in [-0.3, -0.25) is 0 Å². The molecule has 0 amide bonds. The highest BCUT2D eigenvalue weighted by molar-refractivity contribution is 9.11. The molecule has 2 nitrogen and oxygen atoms in total. The van der Waals surface area contributed by atoms with Gasteiger partial charge in [0.1, 0.15) is 5.75 Å². The Morgan fingerprint density at radius 2 is 1.88 bits per heavy atom. The first-order valence-corrected chi connectivity index (χ1v) is 6.71. The summed E-state index contributed by atoms with van der Waals surface area (Å²) in [5.74, 6) is 1.39. The maximum atomic E-state index is 5.77. The van der Waals surface area contributed by atoms with Crippen LogP contribution in [-0.4, -0.2) is 4.98 Å². The van der Waals surface area contributed by atoms with Crippen LogP contribution >= 0.6 is 31.9 Å². The lowest BCUT2D eigenvalue weighted by Gasteiger charge is -2.09. The first-order valence-electron chi connectivity index (χ1n) is 5.12. The van der Waals surface area contributed by atoms with Crippen LogP contribution in [-0.2, 0) is 0 Å². The smallest absolute Gasteiger partial charge is 0.233 e. The number of halogens is 2. The van der Waals surface area contributed by atoms with Crippen molar-refractivity contribution in [2.45, 2.75) is 13.8 Å². The quantitative estimate of drug-likeness (QED) is 0.754. The Bertz CT molecular complexity index is 506. The third-order valence-electron chi connectivity index (χ3n) is 2.31. The van der Waals surface area contributed by atoms with E-state index in [0.717, 1.165) is 20.3 Å². The van der Waals surface area contributed by atoms with Crippen LogP contribution in [0.5, 0.6) is 11.6 Å². The molecule has 0 saturated carbocycles. The molecule has 0 atom stereocenters. The van der Waals surface area contributed by atoms with E-state index in [1.165, 1.54) is 5.56 Å². The molecule has 2 aromatic rings. The zero-order chi connectivity index (χ0) is 12.4. The zero-order valence-electron chi connectivity index (χ0n) is 9.50. The second kappa shape index (κ2) is 5.19. The van der Waals surface area contributed by atoms with E-state index >= 15 is 0 Å². The van der Waals surface area contributed by atoms with Crippen LogP contribution in [0.4, 0.5) is 0 Å². The van der Waals surface area contributed by atoms with Crippen LogP contribution in [0.2, 0.25) is 0 Å². The molecule has 0 saturated heterocycles. The van der Waals surface area contributed by atoms with E-state index in [0.29, 0.717) is 5.88 Å². The van der Waals surface area contributed by atoms with Crippen LogP contribution in [0.1, 0.15) is 11.1 Å². The van der Waals surface area contributed by atoms with Crippen molar-refractivity contribution in [2.24, 2.45) is 0 Å². The number of ether oxygens (including phenoxy) is 1. The van der Waals surface area contributed by atoms with Gasteiger partial charge in [0.25, 0.3) is 0 Å². The van der Waals surface area contributed by atoms with Gasteiger partial charge in [0.15, 0.2) is 0 Å². The highest BCUT2D eigenvalue weighted by Gasteiger charge is 2.07. The summed E-state index contributed by atoms with van der Waals surface area (Å²) in [6.07, 6.45) is 1.71. The molecule has 88 valence electrons. The fourth-order valence-corrected chi connectivity index (χ4v) is 2.56. The van der Waals surface area contributed by atoms with Gasteiger partial charge < -0.3 is 4.74 Å². The zero-order valence-corrected chi connectivity index (χ0v) is 12.7. The van der Waals surface area contributed by atoms with E-state index in [-0.39, 0.29) is 0 Å². The lowest BCUT2D eigenvalue weighted by Crippen LogP contribution is -1.91. The minimum absolute atomic E-state index is 0.570. The molecule has 0 fully saturated rings. The molecule has 2 rings (SSSR count). The molecule has 0 aliphatic rings. The van der Waals surface area contributed by atoms with Crippen molar-refractivity contribution < 1.29 is 4.74 Å². The third kappa shape index (κ3) is 3.07. The predicted molar refractivity (Wildman–Crippen MR) is 75.6 cm³/mol. The number of nitrogens with zero attached hydrogens (tertiary/aromatic N) is 1. The van der Waals surface area contributed by atoms with E-state index in [1.807, 2.05) is 25.1 Å². The van der Waals surface area contributed by atoms with Crippen molar-refractivity contribution in [3.63, 3.8) is 0 Å². The number of rotatable bonds is 2. The highest BCUT2D eigenvalue weighted by Crippen LogP contribution is 2.31. The molecule has 1 aromatic carbocycles. The molecule has 0 spiro atoms. The van der Waals surface area contributed by atoms with Gasteiger partial charge >= 0.3 is 0 Å². The minimum Gasteiger partial charge on any atom is -0.438 e. The Morgan fingerprint density at radius 3 is 2.53 bits per heavy atom. The van der Waals surface area contributed by atoms with Crippen LogP contribution in [0.15, 0.2) is 39.4 Å². The molecule has 1 heterocycles. The normalized spacial score (nSPS) is 10.4. The highest BCUT2D eigenvalue weighted by atomic mass is 79.9. The van der Waals surface area contributed by atoms with Crippen molar-refractivity contribution in [3.05, 3.63) is 50.5 Å². The summed E-state index contributed by atoms with van der Waals surface area (Å²) in [5.41, 5.74) is 2.32. The number of aromatic nitrogens is 1. The molecule has 4 heteroatoms. The monoisotopic (exact) mass is 355 g/mol. The van der Waals surface area contributed by atoms with E-state index in [2.05, 4.69) is 49.8 Å². The van der Waals surface area contributed by atoms with Crippen molar-refractivity contribution >= 4 is 31.9 Å². The molecule has 0 aliphatic heterocycles. The second-order valence-corrected chi connectivity index (χ2v) is 5.58. The third-order valence-corrected chi connectivity index (χ3v) is 3.31. The fraction of sp³-hybridized carbons (Fsp3) is 0.154. The largest absolute Gasteiger partial charge is 0.438 e. The number of pyridine rings is 1. The van der Waals surface area contributed by atoms with Crippen molar-refractivity contribution in [1.29, 1.82) is 0 Å². The van der Waals surface area contributed by atoms with Gasteiger partial charge in [0.05, 0.1) is 4.47 Å².